The SMILES string of the molecule is COc1cccc([C@H](CC(=O)N2CCCC2)c2cnc3n2CCCC3)c1. The van der Waals surface area contributed by atoms with Gasteiger partial charge < -0.3 is 14.2 Å². The molecule has 1 aromatic carbocycles. The third kappa shape index (κ3) is 3.35. The Balaban J connectivity index is 1.68. The van der Waals surface area contributed by atoms with E-state index in [2.05, 4.69) is 21.7 Å². The van der Waals surface area contributed by atoms with Crippen LogP contribution in [-0.2, 0) is 17.8 Å². The molecular weight excluding hydrogens is 326 g/mol. The van der Waals surface area contributed by atoms with Crippen LogP contribution in [0.2, 0.25) is 0 Å². The molecule has 1 amide bonds. The molecule has 26 heavy (non-hydrogen) atoms. The first-order chi connectivity index (χ1) is 12.8. The van der Waals surface area contributed by atoms with Crippen LogP contribution in [-0.4, -0.2) is 40.6 Å². The van der Waals surface area contributed by atoms with Gasteiger partial charge in [-0.3, -0.25) is 4.79 Å². The summed E-state index contributed by atoms with van der Waals surface area (Å²) < 4.78 is 7.76. The highest BCUT2D eigenvalue weighted by Crippen LogP contribution is 2.33. The Morgan fingerprint density at radius 1 is 1.19 bits per heavy atom. The zero-order chi connectivity index (χ0) is 17.9. The van der Waals surface area contributed by atoms with Crippen molar-refractivity contribution >= 4 is 5.91 Å². The van der Waals surface area contributed by atoms with Crippen molar-refractivity contribution in [1.29, 1.82) is 0 Å². The molecule has 4 rings (SSSR count). The molecule has 138 valence electrons. The van der Waals surface area contributed by atoms with Crippen LogP contribution >= 0.6 is 0 Å². The van der Waals surface area contributed by atoms with Gasteiger partial charge >= 0.3 is 0 Å². The lowest BCUT2D eigenvalue weighted by Crippen LogP contribution is -2.29. The Morgan fingerprint density at radius 3 is 2.81 bits per heavy atom. The molecule has 2 aromatic rings. The van der Waals surface area contributed by atoms with E-state index in [0.717, 1.165) is 56.0 Å². The van der Waals surface area contributed by atoms with E-state index < -0.39 is 0 Å². The topological polar surface area (TPSA) is 47.4 Å². The second-order valence-electron chi connectivity index (χ2n) is 7.33. The molecule has 0 aliphatic carbocycles. The minimum Gasteiger partial charge on any atom is -0.497 e. The Bertz CT molecular complexity index is 777. The number of benzene rings is 1. The first kappa shape index (κ1) is 17.1. The summed E-state index contributed by atoms with van der Waals surface area (Å²) in [4.78, 5) is 19.6. The van der Waals surface area contributed by atoms with Gasteiger partial charge in [0.15, 0.2) is 0 Å². The summed E-state index contributed by atoms with van der Waals surface area (Å²) >= 11 is 0. The number of rotatable bonds is 5. The maximum Gasteiger partial charge on any atom is 0.223 e. The lowest BCUT2D eigenvalue weighted by atomic mass is 9.91. The number of fused-ring (bicyclic) bond motifs is 1. The van der Waals surface area contributed by atoms with Crippen LogP contribution in [0.5, 0.6) is 5.75 Å². The van der Waals surface area contributed by atoms with Gasteiger partial charge in [0.1, 0.15) is 11.6 Å². The number of hydrogen-bond acceptors (Lipinski definition) is 3. The van der Waals surface area contributed by atoms with E-state index in [4.69, 9.17) is 4.74 Å². The van der Waals surface area contributed by atoms with Gasteiger partial charge in [0.2, 0.25) is 5.91 Å². The zero-order valence-corrected chi connectivity index (χ0v) is 15.5. The molecule has 5 heteroatoms. The quantitative estimate of drug-likeness (QED) is 0.828. The Kier molecular flexibility index (Phi) is 4.96. The first-order valence-corrected chi connectivity index (χ1v) is 9.72. The van der Waals surface area contributed by atoms with Crippen LogP contribution < -0.4 is 4.74 Å². The molecule has 0 saturated carbocycles. The van der Waals surface area contributed by atoms with Crippen molar-refractivity contribution in [3.63, 3.8) is 0 Å². The lowest BCUT2D eigenvalue weighted by molar-refractivity contribution is -0.130. The Hall–Kier alpha value is -2.30. The third-order valence-corrected chi connectivity index (χ3v) is 5.69. The van der Waals surface area contributed by atoms with Gasteiger partial charge in [-0.05, 0) is 43.4 Å². The average molecular weight is 353 g/mol. The molecule has 1 fully saturated rings. The fraction of sp³-hybridized carbons (Fsp3) is 0.524. The summed E-state index contributed by atoms with van der Waals surface area (Å²) in [6, 6.07) is 8.13. The summed E-state index contributed by atoms with van der Waals surface area (Å²) in [6.07, 6.45) is 8.15. The number of carbonyl (C=O) groups excluding carboxylic acids is 1. The standard InChI is InChI=1S/C21H27N3O2/c1-26-17-8-6-7-16(13-17)18(14-21(25)23-10-4-5-11-23)19-15-22-20-9-2-3-12-24(19)20/h6-8,13,15,18H,2-5,9-12,14H2,1H3/t18-/m0/s1. The van der Waals surface area contributed by atoms with Gasteiger partial charge in [-0.15, -0.1) is 0 Å². The van der Waals surface area contributed by atoms with Gasteiger partial charge in [0.25, 0.3) is 0 Å². The summed E-state index contributed by atoms with van der Waals surface area (Å²) in [5, 5.41) is 0. The predicted molar refractivity (Wildman–Crippen MR) is 100 cm³/mol. The predicted octanol–water partition coefficient (Wildman–Crippen LogP) is 3.37. The number of nitrogens with zero attached hydrogens (tertiary/aromatic N) is 3. The molecule has 1 saturated heterocycles. The van der Waals surface area contributed by atoms with Gasteiger partial charge in [-0.25, -0.2) is 4.98 Å². The smallest absolute Gasteiger partial charge is 0.223 e. The van der Waals surface area contributed by atoms with Crippen LogP contribution in [0.4, 0.5) is 0 Å². The molecule has 1 atom stereocenters. The minimum absolute atomic E-state index is 0.0255. The Labute approximate surface area is 155 Å². The highest BCUT2D eigenvalue weighted by Gasteiger charge is 2.28. The second-order valence-corrected chi connectivity index (χ2v) is 7.33. The maximum absolute atomic E-state index is 12.9. The number of amides is 1. The van der Waals surface area contributed by atoms with Crippen LogP contribution in [0, 0.1) is 0 Å². The first-order valence-electron chi connectivity index (χ1n) is 9.72. The van der Waals surface area contributed by atoms with Gasteiger partial charge in [-0.2, -0.15) is 0 Å². The number of hydrogen-bond donors (Lipinski definition) is 0. The fourth-order valence-electron chi connectivity index (χ4n) is 4.24. The van der Waals surface area contributed by atoms with Crippen LogP contribution in [0.1, 0.15) is 55.1 Å². The largest absolute Gasteiger partial charge is 0.497 e. The van der Waals surface area contributed by atoms with Crippen molar-refractivity contribution in [2.24, 2.45) is 0 Å². The minimum atomic E-state index is 0.0255. The highest BCUT2D eigenvalue weighted by molar-refractivity contribution is 5.78. The van der Waals surface area contributed by atoms with Crippen LogP contribution in [0.15, 0.2) is 30.5 Å². The van der Waals surface area contributed by atoms with Crippen LogP contribution in [0.3, 0.4) is 0 Å². The van der Waals surface area contributed by atoms with Gasteiger partial charge in [0.05, 0.1) is 7.11 Å². The number of ether oxygens (including phenoxy) is 1. The molecule has 0 bridgehead atoms. The fourth-order valence-corrected chi connectivity index (χ4v) is 4.24. The van der Waals surface area contributed by atoms with E-state index in [0.29, 0.717) is 6.42 Å². The van der Waals surface area contributed by atoms with E-state index in [-0.39, 0.29) is 11.8 Å². The van der Waals surface area contributed by atoms with E-state index in [9.17, 15) is 4.79 Å². The number of methoxy groups -OCH3 is 1. The van der Waals surface area contributed by atoms with Crippen LogP contribution in [0.25, 0.3) is 0 Å². The zero-order valence-electron chi connectivity index (χ0n) is 15.5. The van der Waals surface area contributed by atoms with Gasteiger partial charge in [0, 0.05) is 50.3 Å². The highest BCUT2D eigenvalue weighted by atomic mass is 16.5. The molecule has 3 heterocycles. The van der Waals surface area contributed by atoms with E-state index in [1.165, 1.54) is 18.5 Å². The Morgan fingerprint density at radius 2 is 2.00 bits per heavy atom. The van der Waals surface area contributed by atoms with Crippen molar-refractivity contribution in [3.8, 4) is 5.75 Å². The number of aromatic nitrogens is 2. The summed E-state index contributed by atoms with van der Waals surface area (Å²) in [5.74, 6) is 2.27. The monoisotopic (exact) mass is 353 g/mol. The molecular formula is C21H27N3O2. The number of imidazole rings is 1. The molecule has 1 aromatic heterocycles. The average Bonchev–Trinajstić information content (AvgIpc) is 3.36. The molecule has 0 unspecified atom stereocenters. The molecule has 5 nitrogen and oxygen atoms in total. The molecule has 0 spiro atoms. The van der Waals surface area contributed by atoms with Gasteiger partial charge in [-0.1, -0.05) is 12.1 Å². The second kappa shape index (κ2) is 7.52. The van der Waals surface area contributed by atoms with Crippen molar-refractivity contribution in [2.75, 3.05) is 20.2 Å². The summed E-state index contributed by atoms with van der Waals surface area (Å²) in [5.41, 5.74) is 2.30. The van der Waals surface area contributed by atoms with E-state index >= 15 is 0 Å². The summed E-state index contributed by atoms with van der Waals surface area (Å²) in [7, 11) is 1.68. The van der Waals surface area contributed by atoms with Crippen molar-refractivity contribution in [1.82, 2.24) is 14.5 Å². The normalized spacial score (nSPS) is 17.8. The maximum atomic E-state index is 12.9. The number of likely N-dealkylation sites (tertiary alicyclic amines) is 1. The molecule has 2 aliphatic heterocycles. The lowest BCUT2D eigenvalue weighted by Gasteiger charge is -2.24. The molecule has 0 N–H and O–H groups in total. The van der Waals surface area contributed by atoms with Crippen molar-refractivity contribution < 1.29 is 9.53 Å². The number of aryl methyl sites for hydroxylation is 1. The summed E-state index contributed by atoms with van der Waals surface area (Å²) in [6.45, 7) is 2.80. The van der Waals surface area contributed by atoms with Crippen molar-refractivity contribution in [2.45, 2.75) is 51.0 Å². The molecule has 0 radical (unpaired) electrons. The van der Waals surface area contributed by atoms with E-state index in [1.807, 2.05) is 23.2 Å². The van der Waals surface area contributed by atoms with E-state index in [1.54, 1.807) is 7.11 Å². The molecule has 2 aliphatic rings. The number of carbonyl (C=O) groups is 1. The van der Waals surface area contributed by atoms with Crippen molar-refractivity contribution in [3.05, 3.63) is 47.5 Å². The third-order valence-electron chi connectivity index (χ3n) is 5.69.